The second-order valence-electron chi connectivity index (χ2n) is 7.65. The molecule has 0 saturated heterocycles. The van der Waals surface area contributed by atoms with E-state index in [1.54, 1.807) is 0 Å². The van der Waals surface area contributed by atoms with Crippen LogP contribution in [-0.2, 0) is 23.9 Å². The summed E-state index contributed by atoms with van der Waals surface area (Å²) in [5.74, 6) is -1.61. The SMILES string of the molecule is Cl.N[C@@H](CNC(=O)N[C@@H](CS)C(=O)NCC(=O)OC1CCCC1)C(=O)OC1CCCC1. The normalized spacial score (nSPS) is 18.4. The van der Waals surface area contributed by atoms with E-state index in [4.69, 9.17) is 15.2 Å². The third-order valence-electron chi connectivity index (χ3n) is 5.18. The van der Waals surface area contributed by atoms with Crippen LogP contribution in [0, 0.1) is 0 Å². The summed E-state index contributed by atoms with van der Waals surface area (Å²) < 4.78 is 10.6. The van der Waals surface area contributed by atoms with E-state index in [1.807, 2.05) is 0 Å². The molecule has 0 aliphatic heterocycles. The van der Waals surface area contributed by atoms with Crippen LogP contribution in [0.3, 0.4) is 0 Å². The van der Waals surface area contributed by atoms with Gasteiger partial charge in [0.05, 0.1) is 0 Å². The summed E-state index contributed by atoms with van der Waals surface area (Å²) in [5, 5.41) is 7.30. The molecule has 31 heavy (non-hydrogen) atoms. The summed E-state index contributed by atoms with van der Waals surface area (Å²) in [6.07, 6.45) is 7.30. The van der Waals surface area contributed by atoms with Crippen LogP contribution in [0.2, 0.25) is 0 Å². The Bertz CT molecular complexity index is 614. The van der Waals surface area contributed by atoms with Gasteiger partial charge in [0.2, 0.25) is 5.91 Å². The highest BCUT2D eigenvalue weighted by molar-refractivity contribution is 7.80. The van der Waals surface area contributed by atoms with Gasteiger partial charge < -0.3 is 31.2 Å². The molecule has 3 amide bonds. The van der Waals surface area contributed by atoms with Crippen molar-refractivity contribution < 1.29 is 28.7 Å². The van der Waals surface area contributed by atoms with Crippen molar-refractivity contribution in [2.24, 2.45) is 5.73 Å². The molecule has 0 radical (unpaired) electrons. The number of carbonyl (C=O) groups is 4. The quantitative estimate of drug-likeness (QED) is 0.225. The van der Waals surface area contributed by atoms with E-state index in [1.165, 1.54) is 0 Å². The molecule has 178 valence electrons. The summed E-state index contributed by atoms with van der Waals surface area (Å²) in [5.41, 5.74) is 5.75. The van der Waals surface area contributed by atoms with Gasteiger partial charge in [0.25, 0.3) is 0 Å². The molecule has 0 aromatic heterocycles. The van der Waals surface area contributed by atoms with Crippen LogP contribution in [0.1, 0.15) is 51.4 Å². The van der Waals surface area contributed by atoms with Crippen LogP contribution >= 0.6 is 25.0 Å². The molecule has 0 spiro atoms. The molecule has 2 rings (SSSR count). The van der Waals surface area contributed by atoms with Gasteiger partial charge in [-0.1, -0.05) is 0 Å². The lowest BCUT2D eigenvalue weighted by molar-refractivity contribution is -0.150. The van der Waals surface area contributed by atoms with Crippen molar-refractivity contribution in [1.29, 1.82) is 0 Å². The number of nitrogens with one attached hydrogen (secondary N) is 3. The number of carbonyl (C=O) groups excluding carboxylic acids is 4. The Morgan fingerprint density at radius 1 is 0.935 bits per heavy atom. The van der Waals surface area contributed by atoms with Crippen LogP contribution < -0.4 is 21.7 Å². The van der Waals surface area contributed by atoms with E-state index >= 15 is 0 Å². The van der Waals surface area contributed by atoms with Gasteiger partial charge in [0, 0.05) is 12.3 Å². The van der Waals surface area contributed by atoms with E-state index in [0.29, 0.717) is 0 Å². The molecule has 5 N–H and O–H groups in total. The van der Waals surface area contributed by atoms with Gasteiger partial charge in [-0.05, 0) is 51.4 Å². The highest BCUT2D eigenvalue weighted by Crippen LogP contribution is 2.21. The van der Waals surface area contributed by atoms with Gasteiger partial charge in [0.1, 0.15) is 30.8 Å². The topological polar surface area (TPSA) is 149 Å². The molecule has 0 aromatic rings. The molecule has 12 heteroatoms. The van der Waals surface area contributed by atoms with Crippen LogP contribution in [0.15, 0.2) is 0 Å². The molecule has 0 unspecified atom stereocenters. The number of nitrogens with two attached hydrogens (primary N) is 1. The summed E-state index contributed by atoms with van der Waals surface area (Å²) in [4.78, 5) is 47.9. The third-order valence-corrected chi connectivity index (χ3v) is 5.55. The van der Waals surface area contributed by atoms with Crippen LogP contribution in [0.25, 0.3) is 0 Å². The first-order valence-electron chi connectivity index (χ1n) is 10.5. The largest absolute Gasteiger partial charge is 0.461 e. The van der Waals surface area contributed by atoms with E-state index in [2.05, 4.69) is 28.6 Å². The summed E-state index contributed by atoms with van der Waals surface area (Å²) in [6.45, 7) is -0.410. The molecule has 0 bridgehead atoms. The summed E-state index contributed by atoms with van der Waals surface area (Å²) in [6, 6.07) is -2.64. The Balaban J connectivity index is 0.00000480. The van der Waals surface area contributed by atoms with Crippen molar-refractivity contribution in [1.82, 2.24) is 16.0 Å². The number of halogens is 1. The lowest BCUT2D eigenvalue weighted by Gasteiger charge is -2.19. The van der Waals surface area contributed by atoms with E-state index in [-0.39, 0.29) is 43.5 Å². The van der Waals surface area contributed by atoms with Crippen LogP contribution in [0.5, 0.6) is 0 Å². The molecule has 2 saturated carbocycles. The summed E-state index contributed by atoms with van der Waals surface area (Å²) in [7, 11) is 0. The molecule has 0 heterocycles. The van der Waals surface area contributed by atoms with E-state index in [0.717, 1.165) is 51.4 Å². The maximum Gasteiger partial charge on any atom is 0.325 e. The zero-order valence-corrected chi connectivity index (χ0v) is 19.2. The fraction of sp³-hybridized carbons (Fsp3) is 0.789. The number of thiol groups is 1. The predicted molar refractivity (Wildman–Crippen MR) is 119 cm³/mol. The van der Waals surface area contributed by atoms with Crippen molar-refractivity contribution in [3.63, 3.8) is 0 Å². The van der Waals surface area contributed by atoms with Gasteiger partial charge in [0.15, 0.2) is 0 Å². The Kier molecular flexibility index (Phi) is 12.7. The minimum Gasteiger partial charge on any atom is -0.461 e. The molecule has 2 aliphatic rings. The Morgan fingerprint density at radius 3 is 2.03 bits per heavy atom. The second kappa shape index (κ2) is 14.4. The van der Waals surface area contributed by atoms with Crippen molar-refractivity contribution in [3.8, 4) is 0 Å². The molecule has 10 nitrogen and oxygen atoms in total. The first-order valence-corrected chi connectivity index (χ1v) is 11.1. The summed E-state index contributed by atoms with van der Waals surface area (Å²) >= 11 is 4.06. The average molecular weight is 481 g/mol. The van der Waals surface area contributed by atoms with Gasteiger partial charge in [-0.15, -0.1) is 12.4 Å². The third kappa shape index (κ3) is 9.96. The van der Waals surface area contributed by atoms with Crippen molar-refractivity contribution >= 4 is 48.9 Å². The van der Waals surface area contributed by atoms with Crippen molar-refractivity contribution in [3.05, 3.63) is 0 Å². The fourth-order valence-corrected chi connectivity index (χ4v) is 3.72. The molecule has 2 fully saturated rings. The smallest absolute Gasteiger partial charge is 0.325 e. The zero-order chi connectivity index (χ0) is 21.9. The monoisotopic (exact) mass is 480 g/mol. The lowest BCUT2D eigenvalue weighted by Crippen LogP contribution is -2.54. The van der Waals surface area contributed by atoms with E-state index < -0.39 is 36.0 Å². The van der Waals surface area contributed by atoms with Gasteiger partial charge in [-0.2, -0.15) is 12.6 Å². The lowest BCUT2D eigenvalue weighted by atomic mass is 10.3. The van der Waals surface area contributed by atoms with Crippen LogP contribution in [0.4, 0.5) is 4.79 Å². The van der Waals surface area contributed by atoms with Crippen LogP contribution in [-0.4, -0.2) is 67.0 Å². The first kappa shape index (κ1) is 27.3. The van der Waals surface area contributed by atoms with Gasteiger partial charge in [-0.25, -0.2) is 4.79 Å². The first-order chi connectivity index (χ1) is 14.4. The number of urea groups is 1. The molecular formula is C19H33ClN4O6S. The molecule has 0 aromatic carbocycles. The molecular weight excluding hydrogens is 448 g/mol. The maximum atomic E-state index is 12.2. The highest BCUT2D eigenvalue weighted by Gasteiger charge is 2.25. The number of esters is 2. The minimum absolute atomic E-state index is 0. The Morgan fingerprint density at radius 2 is 1.48 bits per heavy atom. The highest BCUT2D eigenvalue weighted by atomic mass is 35.5. The average Bonchev–Trinajstić information content (AvgIpc) is 3.42. The maximum absolute atomic E-state index is 12.2. The van der Waals surface area contributed by atoms with Gasteiger partial charge in [-0.3, -0.25) is 14.4 Å². The van der Waals surface area contributed by atoms with Gasteiger partial charge >= 0.3 is 18.0 Å². The number of amides is 3. The molecule has 2 atom stereocenters. The zero-order valence-electron chi connectivity index (χ0n) is 17.5. The number of ether oxygens (including phenoxy) is 2. The Hall–Kier alpha value is -1.72. The predicted octanol–water partition coefficient (Wildman–Crippen LogP) is 0.421. The second-order valence-corrected chi connectivity index (χ2v) is 8.02. The fourth-order valence-electron chi connectivity index (χ4n) is 3.46. The molecule has 2 aliphatic carbocycles. The van der Waals surface area contributed by atoms with Crippen molar-refractivity contribution in [2.45, 2.75) is 75.7 Å². The van der Waals surface area contributed by atoms with Crippen molar-refractivity contribution in [2.75, 3.05) is 18.8 Å². The standard InChI is InChI=1S/C19H32N4O6S.ClH/c20-14(18(26)29-13-7-3-4-8-13)9-22-19(27)23-15(11-30)17(25)21-10-16(24)28-12-5-1-2-6-12;/h12-15,30H,1-11,20H2,(H,21,25)(H2,22,23,27);1H/t14-,15-;/m0./s1. The number of hydrogen-bond acceptors (Lipinski definition) is 8. The van der Waals surface area contributed by atoms with E-state index in [9.17, 15) is 19.2 Å². The minimum atomic E-state index is -0.995. The number of rotatable bonds is 10. The Labute approximate surface area is 193 Å². The number of hydrogen-bond donors (Lipinski definition) is 5.